The summed E-state index contributed by atoms with van der Waals surface area (Å²) >= 11 is 0. The number of hydrogen-bond acceptors (Lipinski definition) is 3. The lowest BCUT2D eigenvalue weighted by Crippen LogP contribution is -2.40. The molecule has 2 atom stereocenters. The van der Waals surface area contributed by atoms with Crippen molar-refractivity contribution in [2.24, 2.45) is 5.41 Å². The van der Waals surface area contributed by atoms with Gasteiger partial charge in [0.1, 0.15) is 0 Å². The Hall–Kier alpha value is -0.870. The Morgan fingerprint density at radius 3 is 2.81 bits per heavy atom. The van der Waals surface area contributed by atoms with E-state index in [0.29, 0.717) is 6.04 Å². The maximum atomic E-state index is 9.30. The third-order valence-electron chi connectivity index (χ3n) is 3.16. The number of aliphatic hydroxyl groups excluding tert-OH is 1. The van der Waals surface area contributed by atoms with Crippen LogP contribution in [0.2, 0.25) is 0 Å². The molecule has 0 bridgehead atoms. The highest BCUT2D eigenvalue weighted by Crippen LogP contribution is 2.18. The number of aromatic nitrogens is 2. The molecule has 0 radical (unpaired) electrons. The fraction of sp³-hybridized carbons (Fsp3) is 0.750. The summed E-state index contributed by atoms with van der Waals surface area (Å²) in [7, 11) is 0. The van der Waals surface area contributed by atoms with Gasteiger partial charge in [-0.15, -0.1) is 0 Å². The van der Waals surface area contributed by atoms with Crippen molar-refractivity contribution in [1.82, 2.24) is 14.9 Å². The van der Waals surface area contributed by atoms with Gasteiger partial charge >= 0.3 is 0 Å². The van der Waals surface area contributed by atoms with Crippen LogP contribution in [0.25, 0.3) is 0 Å². The largest absolute Gasteiger partial charge is 0.396 e. The maximum absolute atomic E-state index is 9.30. The van der Waals surface area contributed by atoms with Gasteiger partial charge in [0.15, 0.2) is 0 Å². The predicted octanol–water partition coefficient (Wildman–Crippen LogP) is 1.27. The van der Waals surface area contributed by atoms with Crippen molar-refractivity contribution in [1.29, 1.82) is 0 Å². The van der Waals surface area contributed by atoms with Crippen LogP contribution in [0.1, 0.15) is 27.2 Å². The SMILES string of the molecule is CCC(C)(CO)CNC(C)Cn1ccnc1. The molecule has 0 aliphatic rings. The quantitative estimate of drug-likeness (QED) is 0.734. The van der Waals surface area contributed by atoms with E-state index in [9.17, 15) is 5.11 Å². The number of imidazole rings is 1. The van der Waals surface area contributed by atoms with Crippen molar-refractivity contribution in [3.63, 3.8) is 0 Å². The molecule has 0 spiro atoms. The first-order chi connectivity index (χ1) is 7.59. The Labute approximate surface area is 97.7 Å². The third-order valence-corrected chi connectivity index (χ3v) is 3.16. The second-order valence-electron chi connectivity index (χ2n) is 4.86. The zero-order valence-electron chi connectivity index (χ0n) is 10.5. The molecule has 2 N–H and O–H groups in total. The van der Waals surface area contributed by atoms with Gasteiger partial charge in [-0.05, 0) is 13.3 Å². The summed E-state index contributed by atoms with van der Waals surface area (Å²) in [6, 6.07) is 0.381. The molecule has 0 aromatic carbocycles. The van der Waals surface area contributed by atoms with E-state index in [-0.39, 0.29) is 12.0 Å². The van der Waals surface area contributed by atoms with E-state index in [2.05, 4.69) is 35.6 Å². The first kappa shape index (κ1) is 13.2. The van der Waals surface area contributed by atoms with Crippen molar-refractivity contribution in [3.8, 4) is 0 Å². The topological polar surface area (TPSA) is 50.1 Å². The monoisotopic (exact) mass is 225 g/mol. The second-order valence-corrected chi connectivity index (χ2v) is 4.86. The summed E-state index contributed by atoms with van der Waals surface area (Å²) in [5.41, 5.74) is -0.0107. The Balaban J connectivity index is 2.32. The summed E-state index contributed by atoms with van der Waals surface area (Å²) < 4.78 is 2.06. The smallest absolute Gasteiger partial charge is 0.0946 e. The molecule has 4 heteroatoms. The van der Waals surface area contributed by atoms with Crippen LogP contribution in [0.4, 0.5) is 0 Å². The van der Waals surface area contributed by atoms with E-state index in [1.165, 1.54) is 0 Å². The van der Waals surface area contributed by atoms with Gasteiger partial charge in [-0.1, -0.05) is 13.8 Å². The van der Waals surface area contributed by atoms with Crippen molar-refractivity contribution in [2.75, 3.05) is 13.2 Å². The lowest BCUT2D eigenvalue weighted by molar-refractivity contribution is 0.131. The molecule has 1 aromatic rings. The Kier molecular flexibility index (Phi) is 4.96. The number of aliphatic hydroxyl groups is 1. The van der Waals surface area contributed by atoms with Gasteiger partial charge in [-0.3, -0.25) is 0 Å². The van der Waals surface area contributed by atoms with Gasteiger partial charge in [0.2, 0.25) is 0 Å². The summed E-state index contributed by atoms with van der Waals surface area (Å²) in [4.78, 5) is 4.01. The summed E-state index contributed by atoms with van der Waals surface area (Å²) in [6.45, 7) is 8.34. The maximum Gasteiger partial charge on any atom is 0.0946 e. The van der Waals surface area contributed by atoms with Crippen LogP contribution in [0.15, 0.2) is 18.7 Å². The van der Waals surface area contributed by atoms with Crippen LogP contribution in [-0.4, -0.2) is 33.9 Å². The molecule has 1 rings (SSSR count). The average Bonchev–Trinajstić information content (AvgIpc) is 2.79. The minimum atomic E-state index is -0.0107. The van der Waals surface area contributed by atoms with Gasteiger partial charge in [-0.2, -0.15) is 0 Å². The van der Waals surface area contributed by atoms with Crippen LogP contribution in [0.3, 0.4) is 0 Å². The molecule has 2 unspecified atom stereocenters. The van der Waals surface area contributed by atoms with Crippen LogP contribution >= 0.6 is 0 Å². The third kappa shape index (κ3) is 3.94. The summed E-state index contributed by atoms with van der Waals surface area (Å²) in [6.07, 6.45) is 6.55. The Bertz CT molecular complexity index is 280. The van der Waals surface area contributed by atoms with Gasteiger partial charge in [0, 0.05) is 43.5 Å². The highest BCUT2D eigenvalue weighted by Gasteiger charge is 2.21. The predicted molar refractivity (Wildman–Crippen MR) is 65.2 cm³/mol. The number of hydrogen-bond donors (Lipinski definition) is 2. The van der Waals surface area contributed by atoms with Crippen molar-refractivity contribution in [3.05, 3.63) is 18.7 Å². The van der Waals surface area contributed by atoms with Gasteiger partial charge in [0.25, 0.3) is 0 Å². The highest BCUT2D eigenvalue weighted by molar-refractivity contribution is 4.79. The highest BCUT2D eigenvalue weighted by atomic mass is 16.3. The van der Waals surface area contributed by atoms with E-state index < -0.39 is 0 Å². The fourth-order valence-electron chi connectivity index (χ4n) is 1.49. The van der Waals surface area contributed by atoms with Crippen LogP contribution in [-0.2, 0) is 6.54 Å². The van der Waals surface area contributed by atoms with E-state index in [1.54, 1.807) is 6.20 Å². The molecule has 16 heavy (non-hydrogen) atoms. The van der Waals surface area contributed by atoms with Crippen molar-refractivity contribution in [2.45, 2.75) is 39.8 Å². The number of nitrogens with zero attached hydrogens (tertiary/aromatic N) is 2. The normalized spacial score (nSPS) is 17.0. The van der Waals surface area contributed by atoms with Crippen molar-refractivity contribution >= 4 is 0 Å². The Morgan fingerprint density at radius 1 is 1.56 bits per heavy atom. The molecule has 1 aromatic heterocycles. The van der Waals surface area contributed by atoms with E-state index >= 15 is 0 Å². The lowest BCUT2D eigenvalue weighted by Gasteiger charge is -2.28. The summed E-state index contributed by atoms with van der Waals surface area (Å²) in [5.74, 6) is 0. The van der Waals surface area contributed by atoms with Gasteiger partial charge in [-0.25, -0.2) is 4.98 Å². The van der Waals surface area contributed by atoms with Crippen LogP contribution < -0.4 is 5.32 Å². The molecule has 0 amide bonds. The molecule has 4 nitrogen and oxygen atoms in total. The van der Waals surface area contributed by atoms with Gasteiger partial charge < -0.3 is 15.0 Å². The van der Waals surface area contributed by atoms with E-state index in [0.717, 1.165) is 19.5 Å². The molecule has 1 heterocycles. The molecule has 0 aliphatic carbocycles. The average molecular weight is 225 g/mol. The standard InChI is InChI=1S/C12H23N3O/c1-4-12(3,9-16)8-14-11(2)7-15-6-5-13-10-15/h5-6,10-11,14,16H,4,7-9H2,1-3H3. The molecule has 0 fully saturated rings. The zero-order valence-corrected chi connectivity index (χ0v) is 10.5. The zero-order chi connectivity index (χ0) is 12.0. The Morgan fingerprint density at radius 2 is 2.31 bits per heavy atom. The fourth-order valence-corrected chi connectivity index (χ4v) is 1.49. The van der Waals surface area contributed by atoms with E-state index in [1.807, 2.05) is 12.5 Å². The first-order valence-corrected chi connectivity index (χ1v) is 5.89. The molecule has 0 aliphatic heterocycles. The minimum Gasteiger partial charge on any atom is -0.396 e. The summed E-state index contributed by atoms with van der Waals surface area (Å²) in [5, 5.41) is 12.8. The van der Waals surface area contributed by atoms with E-state index in [4.69, 9.17) is 0 Å². The molecular formula is C12H23N3O. The minimum absolute atomic E-state index is 0.0107. The molecule has 92 valence electrons. The number of rotatable bonds is 7. The second kappa shape index (κ2) is 6.01. The molecular weight excluding hydrogens is 202 g/mol. The van der Waals surface area contributed by atoms with Crippen LogP contribution in [0, 0.1) is 5.41 Å². The number of nitrogens with one attached hydrogen (secondary N) is 1. The van der Waals surface area contributed by atoms with Crippen molar-refractivity contribution < 1.29 is 5.11 Å². The van der Waals surface area contributed by atoms with Gasteiger partial charge in [0.05, 0.1) is 6.33 Å². The molecule has 0 saturated heterocycles. The van der Waals surface area contributed by atoms with Crippen LogP contribution in [0.5, 0.6) is 0 Å². The lowest BCUT2D eigenvalue weighted by atomic mass is 9.88. The molecule has 0 saturated carbocycles. The first-order valence-electron chi connectivity index (χ1n) is 5.89.